The summed E-state index contributed by atoms with van der Waals surface area (Å²) in [5, 5.41) is 2.96. The molecule has 1 fully saturated rings. The molecule has 1 aliphatic carbocycles. The van der Waals surface area contributed by atoms with Gasteiger partial charge in [0.25, 0.3) is 0 Å². The molecule has 1 aliphatic rings. The highest BCUT2D eigenvalue weighted by Gasteiger charge is 2.26. The average molecular weight is 254 g/mol. The average Bonchev–Trinajstić information content (AvgIpc) is 2.33. The number of hydrogen-bond acceptors (Lipinski definition) is 2. The topological polar surface area (TPSA) is 55.1 Å². The van der Waals surface area contributed by atoms with Crippen LogP contribution in [0.5, 0.6) is 0 Å². The third-order valence-corrected chi connectivity index (χ3v) is 4.03. The maximum absolute atomic E-state index is 11.8. The van der Waals surface area contributed by atoms with Gasteiger partial charge >= 0.3 is 0 Å². The van der Waals surface area contributed by atoms with Gasteiger partial charge in [0.1, 0.15) is 0 Å². The largest absolute Gasteiger partial charge is 0.355 e. The van der Waals surface area contributed by atoms with E-state index in [1.54, 1.807) is 0 Å². The predicted molar refractivity (Wildman–Crippen MR) is 76.2 cm³/mol. The van der Waals surface area contributed by atoms with Crippen molar-refractivity contribution in [3.63, 3.8) is 0 Å². The zero-order valence-electron chi connectivity index (χ0n) is 12.3. The molecular formula is C15H30N2O. The van der Waals surface area contributed by atoms with Gasteiger partial charge in [-0.2, -0.15) is 0 Å². The van der Waals surface area contributed by atoms with Crippen LogP contribution in [-0.2, 0) is 4.79 Å². The molecule has 0 aliphatic heterocycles. The summed E-state index contributed by atoms with van der Waals surface area (Å²) in [6, 6.07) is -0.410. The van der Waals surface area contributed by atoms with E-state index in [-0.39, 0.29) is 11.3 Å². The lowest BCUT2D eigenvalue weighted by Crippen LogP contribution is -2.48. The molecule has 3 N–H and O–H groups in total. The minimum atomic E-state index is -0.410. The first-order chi connectivity index (χ1) is 8.41. The first kappa shape index (κ1) is 15.5. The third-order valence-electron chi connectivity index (χ3n) is 4.03. The molecule has 0 aromatic heterocycles. The van der Waals surface area contributed by atoms with E-state index >= 15 is 0 Å². The molecule has 0 aromatic rings. The Hall–Kier alpha value is -0.570. The summed E-state index contributed by atoms with van der Waals surface area (Å²) in [5.41, 5.74) is 5.75. The number of rotatable bonds is 5. The highest BCUT2D eigenvalue weighted by molar-refractivity contribution is 5.82. The van der Waals surface area contributed by atoms with E-state index < -0.39 is 6.04 Å². The predicted octanol–water partition coefficient (Wildman–Crippen LogP) is 2.84. The molecule has 3 heteroatoms. The van der Waals surface area contributed by atoms with Crippen LogP contribution >= 0.6 is 0 Å². The molecule has 0 bridgehead atoms. The maximum atomic E-state index is 11.8. The van der Waals surface area contributed by atoms with Crippen LogP contribution in [0.3, 0.4) is 0 Å². The summed E-state index contributed by atoms with van der Waals surface area (Å²) in [6.07, 6.45) is 9.31. The summed E-state index contributed by atoms with van der Waals surface area (Å²) >= 11 is 0. The van der Waals surface area contributed by atoms with E-state index in [1.165, 1.54) is 38.5 Å². The molecule has 0 radical (unpaired) electrons. The van der Waals surface area contributed by atoms with E-state index in [0.717, 1.165) is 18.9 Å². The van der Waals surface area contributed by atoms with E-state index in [9.17, 15) is 4.79 Å². The maximum Gasteiger partial charge on any atom is 0.237 e. The molecule has 1 amide bonds. The summed E-state index contributed by atoms with van der Waals surface area (Å²) in [7, 11) is 0. The molecule has 18 heavy (non-hydrogen) atoms. The van der Waals surface area contributed by atoms with Crippen LogP contribution in [0.2, 0.25) is 0 Å². The highest BCUT2D eigenvalue weighted by Crippen LogP contribution is 2.27. The van der Waals surface area contributed by atoms with E-state index in [2.05, 4.69) is 5.32 Å². The highest BCUT2D eigenvalue weighted by atomic mass is 16.2. The van der Waals surface area contributed by atoms with Gasteiger partial charge in [0.15, 0.2) is 0 Å². The third kappa shape index (κ3) is 5.38. The number of nitrogens with one attached hydrogen (secondary N) is 1. The Labute approximate surface area is 112 Å². The Morgan fingerprint density at radius 3 is 2.44 bits per heavy atom. The smallest absolute Gasteiger partial charge is 0.237 e. The minimum Gasteiger partial charge on any atom is -0.355 e. The van der Waals surface area contributed by atoms with Gasteiger partial charge in [-0.15, -0.1) is 0 Å². The Morgan fingerprint density at radius 1 is 1.28 bits per heavy atom. The first-order valence-corrected chi connectivity index (χ1v) is 7.44. The van der Waals surface area contributed by atoms with Gasteiger partial charge < -0.3 is 11.1 Å². The molecule has 1 atom stereocenters. The quantitative estimate of drug-likeness (QED) is 0.741. The number of hydrogen-bond donors (Lipinski definition) is 2. The van der Waals surface area contributed by atoms with Gasteiger partial charge in [-0.1, -0.05) is 52.9 Å². The van der Waals surface area contributed by atoms with Crippen molar-refractivity contribution in [2.24, 2.45) is 17.1 Å². The van der Waals surface area contributed by atoms with Crippen LogP contribution in [0.15, 0.2) is 0 Å². The molecule has 0 unspecified atom stereocenters. The van der Waals surface area contributed by atoms with Crippen molar-refractivity contribution in [1.82, 2.24) is 5.32 Å². The zero-order valence-corrected chi connectivity index (χ0v) is 12.3. The summed E-state index contributed by atoms with van der Waals surface area (Å²) < 4.78 is 0. The molecule has 0 aromatic carbocycles. The van der Waals surface area contributed by atoms with Crippen molar-refractivity contribution in [3.05, 3.63) is 0 Å². The Kier molecular flexibility index (Phi) is 6.13. The van der Waals surface area contributed by atoms with Gasteiger partial charge in [0.2, 0.25) is 5.91 Å². The van der Waals surface area contributed by atoms with Gasteiger partial charge in [-0.05, 0) is 24.2 Å². The lowest BCUT2D eigenvalue weighted by molar-refractivity contribution is -0.124. The molecule has 106 valence electrons. The Morgan fingerprint density at radius 2 is 1.89 bits per heavy atom. The fraction of sp³-hybridized carbons (Fsp3) is 0.933. The van der Waals surface area contributed by atoms with Gasteiger partial charge in [-0.25, -0.2) is 0 Å². The molecule has 0 saturated heterocycles. The van der Waals surface area contributed by atoms with Crippen LogP contribution in [0.1, 0.15) is 65.7 Å². The van der Waals surface area contributed by atoms with Gasteiger partial charge in [0.05, 0.1) is 6.04 Å². The van der Waals surface area contributed by atoms with E-state index in [0.29, 0.717) is 0 Å². The fourth-order valence-electron chi connectivity index (χ4n) is 2.58. The SMILES string of the molecule is CC(C)(C)[C@H](N)C(=O)NCCCC1CCCCC1. The van der Waals surface area contributed by atoms with Crippen molar-refractivity contribution < 1.29 is 4.79 Å². The number of nitrogens with two attached hydrogens (primary N) is 1. The summed E-state index contributed by atoms with van der Waals surface area (Å²) in [5.74, 6) is 0.887. The Balaban J connectivity index is 2.11. The fourth-order valence-corrected chi connectivity index (χ4v) is 2.58. The lowest BCUT2D eigenvalue weighted by Gasteiger charge is -2.26. The lowest BCUT2D eigenvalue weighted by atomic mass is 9.86. The molecule has 0 heterocycles. The molecule has 0 spiro atoms. The molecular weight excluding hydrogens is 224 g/mol. The number of carbonyl (C=O) groups is 1. The minimum absolute atomic E-state index is 0.00820. The van der Waals surface area contributed by atoms with Crippen molar-refractivity contribution in [3.8, 4) is 0 Å². The van der Waals surface area contributed by atoms with E-state index in [1.807, 2.05) is 20.8 Å². The van der Waals surface area contributed by atoms with Crippen molar-refractivity contribution in [1.29, 1.82) is 0 Å². The normalized spacial score (nSPS) is 19.6. The summed E-state index contributed by atoms with van der Waals surface area (Å²) in [4.78, 5) is 11.8. The second kappa shape index (κ2) is 7.13. The van der Waals surface area contributed by atoms with Crippen molar-refractivity contribution in [2.45, 2.75) is 71.8 Å². The standard InChI is InChI=1S/C15H30N2O/c1-15(2,3)13(16)14(18)17-11-7-10-12-8-5-4-6-9-12/h12-13H,4-11,16H2,1-3H3,(H,17,18)/t13-/m1/s1. The van der Waals surface area contributed by atoms with Crippen molar-refractivity contribution in [2.75, 3.05) is 6.54 Å². The van der Waals surface area contributed by atoms with Crippen LogP contribution in [0.25, 0.3) is 0 Å². The second-order valence-electron chi connectivity index (χ2n) is 6.78. The Bertz CT molecular complexity index is 252. The van der Waals surface area contributed by atoms with Crippen LogP contribution in [-0.4, -0.2) is 18.5 Å². The monoisotopic (exact) mass is 254 g/mol. The van der Waals surface area contributed by atoms with Crippen LogP contribution in [0, 0.1) is 11.3 Å². The zero-order chi connectivity index (χ0) is 13.6. The number of amides is 1. The van der Waals surface area contributed by atoms with E-state index in [4.69, 9.17) is 5.73 Å². The van der Waals surface area contributed by atoms with Crippen LogP contribution < -0.4 is 11.1 Å². The molecule has 3 nitrogen and oxygen atoms in total. The second-order valence-corrected chi connectivity index (χ2v) is 6.78. The molecule has 1 saturated carbocycles. The number of carbonyl (C=O) groups excluding carboxylic acids is 1. The van der Waals surface area contributed by atoms with Crippen molar-refractivity contribution >= 4 is 5.91 Å². The van der Waals surface area contributed by atoms with Gasteiger partial charge in [-0.3, -0.25) is 4.79 Å². The van der Waals surface area contributed by atoms with Gasteiger partial charge in [0, 0.05) is 6.54 Å². The van der Waals surface area contributed by atoms with Crippen LogP contribution in [0.4, 0.5) is 0 Å². The summed E-state index contributed by atoms with van der Waals surface area (Å²) in [6.45, 7) is 6.77. The first-order valence-electron chi connectivity index (χ1n) is 7.44. The molecule has 1 rings (SSSR count).